The Bertz CT molecular complexity index is 888. The monoisotopic (exact) mass is 473 g/mol. The first-order chi connectivity index (χ1) is 16.3. The van der Waals surface area contributed by atoms with Crippen LogP contribution in [-0.2, 0) is 30.5 Å². The van der Waals surface area contributed by atoms with Crippen LogP contribution in [0.4, 0.5) is 0 Å². The molecule has 6 rings (SSSR count). The van der Waals surface area contributed by atoms with E-state index in [0.29, 0.717) is 11.5 Å². The minimum absolute atomic E-state index is 0.0354. The molecule has 7 nitrogen and oxygen atoms in total. The van der Waals surface area contributed by atoms with E-state index in [9.17, 15) is 4.79 Å². The van der Waals surface area contributed by atoms with E-state index < -0.39 is 24.0 Å². The van der Waals surface area contributed by atoms with Crippen LogP contribution in [0.1, 0.15) is 76.2 Å². The van der Waals surface area contributed by atoms with Crippen molar-refractivity contribution >= 4 is 5.97 Å². The predicted molar refractivity (Wildman–Crippen MR) is 125 cm³/mol. The first-order valence-corrected chi connectivity index (χ1v) is 13.0. The fourth-order valence-corrected chi connectivity index (χ4v) is 6.63. The SMILES string of the molecule is CCN(CC)Cc1ccc(C(=O)O[C@@H]2O[C@@H]3O[C@]4(C)CCC5[C@H](C)CC[C@@H]([C@H]2C)[C@]53OO4)cc1. The van der Waals surface area contributed by atoms with Crippen LogP contribution in [0.2, 0.25) is 0 Å². The second-order valence-electron chi connectivity index (χ2n) is 10.8. The summed E-state index contributed by atoms with van der Waals surface area (Å²) >= 11 is 0. The van der Waals surface area contributed by atoms with Crippen LogP contribution in [0.25, 0.3) is 0 Å². The minimum Gasteiger partial charge on any atom is -0.432 e. The molecule has 1 spiro atoms. The zero-order valence-corrected chi connectivity index (χ0v) is 21.1. The molecule has 0 aromatic heterocycles. The molecular formula is C27H39NO6. The number of ether oxygens (including phenoxy) is 3. The van der Waals surface area contributed by atoms with Crippen LogP contribution in [0.5, 0.6) is 0 Å². The summed E-state index contributed by atoms with van der Waals surface area (Å²) in [6, 6.07) is 7.69. The van der Waals surface area contributed by atoms with Crippen molar-refractivity contribution in [1.82, 2.24) is 4.90 Å². The maximum atomic E-state index is 13.1. The average molecular weight is 474 g/mol. The van der Waals surface area contributed by atoms with Crippen molar-refractivity contribution in [3.8, 4) is 0 Å². The largest absolute Gasteiger partial charge is 0.432 e. The molecule has 188 valence electrons. The Morgan fingerprint density at radius 2 is 1.79 bits per heavy atom. The maximum absolute atomic E-state index is 13.1. The molecule has 4 heterocycles. The van der Waals surface area contributed by atoms with E-state index in [2.05, 4.69) is 32.6 Å². The molecule has 0 amide bonds. The van der Waals surface area contributed by atoms with Crippen LogP contribution in [0.15, 0.2) is 24.3 Å². The highest BCUT2D eigenvalue weighted by Crippen LogP contribution is 2.60. The van der Waals surface area contributed by atoms with E-state index in [1.807, 2.05) is 31.2 Å². The average Bonchev–Trinajstić information content (AvgIpc) is 3.07. The molecule has 1 saturated carbocycles. The Morgan fingerprint density at radius 3 is 2.50 bits per heavy atom. The van der Waals surface area contributed by atoms with Gasteiger partial charge in [-0.05, 0) is 68.8 Å². The predicted octanol–water partition coefficient (Wildman–Crippen LogP) is 4.89. The smallest absolute Gasteiger partial charge is 0.340 e. The second kappa shape index (κ2) is 9.17. The van der Waals surface area contributed by atoms with Gasteiger partial charge in [0.05, 0.1) is 5.56 Å². The number of nitrogens with zero attached hydrogens (tertiary/aromatic N) is 1. The summed E-state index contributed by atoms with van der Waals surface area (Å²) in [5.41, 5.74) is 1.06. The Kier molecular flexibility index (Phi) is 6.53. The Morgan fingerprint density at radius 1 is 1.06 bits per heavy atom. The highest BCUT2D eigenvalue weighted by Gasteiger charge is 2.69. The number of esters is 1. The van der Waals surface area contributed by atoms with Gasteiger partial charge >= 0.3 is 5.97 Å². The molecule has 1 aliphatic carbocycles. The molecule has 5 fully saturated rings. The highest BCUT2D eigenvalue weighted by atomic mass is 17.3. The van der Waals surface area contributed by atoms with Crippen LogP contribution >= 0.6 is 0 Å². The molecule has 1 unspecified atom stereocenters. The van der Waals surface area contributed by atoms with E-state index in [0.717, 1.165) is 45.3 Å². The van der Waals surface area contributed by atoms with Gasteiger partial charge in [0.2, 0.25) is 12.1 Å². The van der Waals surface area contributed by atoms with Crippen molar-refractivity contribution in [3.63, 3.8) is 0 Å². The molecule has 7 heteroatoms. The maximum Gasteiger partial charge on any atom is 0.340 e. The van der Waals surface area contributed by atoms with E-state index in [1.54, 1.807) is 0 Å². The van der Waals surface area contributed by atoms with Crippen molar-refractivity contribution in [1.29, 1.82) is 0 Å². The van der Waals surface area contributed by atoms with Gasteiger partial charge in [0.1, 0.15) is 0 Å². The third-order valence-corrected chi connectivity index (χ3v) is 8.81. The lowest BCUT2D eigenvalue weighted by Crippen LogP contribution is -2.70. The lowest BCUT2D eigenvalue weighted by atomic mass is 9.58. The molecule has 0 radical (unpaired) electrons. The fourth-order valence-electron chi connectivity index (χ4n) is 6.63. The zero-order valence-electron chi connectivity index (χ0n) is 21.1. The van der Waals surface area contributed by atoms with E-state index in [-0.39, 0.29) is 23.7 Å². The first kappa shape index (κ1) is 24.2. The van der Waals surface area contributed by atoms with Gasteiger partial charge in [-0.15, -0.1) is 0 Å². The van der Waals surface area contributed by atoms with Gasteiger partial charge in [0.15, 0.2) is 11.9 Å². The van der Waals surface area contributed by atoms with Crippen molar-refractivity contribution < 1.29 is 28.8 Å². The molecule has 5 aliphatic rings. The van der Waals surface area contributed by atoms with Gasteiger partial charge in [-0.2, -0.15) is 0 Å². The van der Waals surface area contributed by atoms with Gasteiger partial charge in [0, 0.05) is 24.8 Å². The van der Waals surface area contributed by atoms with Gasteiger partial charge in [-0.3, -0.25) is 4.90 Å². The summed E-state index contributed by atoms with van der Waals surface area (Å²) in [4.78, 5) is 27.4. The lowest BCUT2D eigenvalue weighted by molar-refractivity contribution is -0.576. The van der Waals surface area contributed by atoms with Gasteiger partial charge in [-0.1, -0.05) is 39.8 Å². The summed E-state index contributed by atoms with van der Waals surface area (Å²) in [6.45, 7) is 13.5. The lowest BCUT2D eigenvalue weighted by Gasteiger charge is -2.59. The number of hydrogen-bond donors (Lipinski definition) is 0. The Hall–Kier alpha value is -1.51. The quantitative estimate of drug-likeness (QED) is 0.430. The molecule has 0 N–H and O–H groups in total. The normalized spacial score (nSPS) is 41.1. The van der Waals surface area contributed by atoms with Crippen molar-refractivity contribution in [2.24, 2.45) is 23.7 Å². The van der Waals surface area contributed by atoms with Crippen LogP contribution in [-0.4, -0.2) is 47.9 Å². The molecule has 2 bridgehead atoms. The van der Waals surface area contributed by atoms with Gasteiger partial charge in [0.25, 0.3) is 0 Å². The third-order valence-electron chi connectivity index (χ3n) is 8.81. The number of hydrogen-bond acceptors (Lipinski definition) is 7. The molecule has 8 atom stereocenters. The third kappa shape index (κ3) is 3.99. The van der Waals surface area contributed by atoms with E-state index >= 15 is 0 Å². The molecule has 1 aromatic carbocycles. The number of benzene rings is 1. The molecule has 1 aromatic rings. The Labute approximate surface area is 202 Å². The molecule has 34 heavy (non-hydrogen) atoms. The summed E-state index contributed by atoms with van der Waals surface area (Å²) in [5, 5.41) is 0. The number of rotatable bonds is 6. The van der Waals surface area contributed by atoms with E-state index in [1.165, 1.54) is 5.56 Å². The summed E-state index contributed by atoms with van der Waals surface area (Å²) < 4.78 is 18.7. The highest BCUT2D eigenvalue weighted by molar-refractivity contribution is 5.89. The fraction of sp³-hybridized carbons (Fsp3) is 0.741. The molecule has 4 aliphatic heterocycles. The minimum atomic E-state index is -0.840. The summed E-state index contributed by atoms with van der Waals surface area (Å²) in [6.07, 6.45) is 2.51. The summed E-state index contributed by atoms with van der Waals surface area (Å²) in [7, 11) is 0. The number of carbonyl (C=O) groups is 1. The number of carbonyl (C=O) groups excluding carboxylic acids is 1. The first-order valence-electron chi connectivity index (χ1n) is 13.0. The van der Waals surface area contributed by atoms with Crippen LogP contribution in [0.3, 0.4) is 0 Å². The molecular weight excluding hydrogens is 434 g/mol. The molecule has 4 saturated heterocycles. The standard InChI is InChI=1S/C27H39NO6/c1-6-28(7-2)16-19-9-11-20(12-10-19)23(29)30-24-18(4)22-13-8-17(3)21-14-15-26(5)32-25(31-24)27(21,22)34-33-26/h9-12,17-18,21-22,24-25H,6-8,13-16H2,1-5H3/t17-,18-,21?,22+,24-,25-,26+,27-/m1/s1. The van der Waals surface area contributed by atoms with Crippen LogP contribution in [0, 0.1) is 23.7 Å². The number of fused-ring (bicyclic) bond motifs is 2. The van der Waals surface area contributed by atoms with Gasteiger partial charge < -0.3 is 14.2 Å². The Balaban J connectivity index is 1.33. The van der Waals surface area contributed by atoms with Crippen molar-refractivity contribution in [2.75, 3.05) is 13.1 Å². The topological polar surface area (TPSA) is 66.5 Å². The second-order valence-corrected chi connectivity index (χ2v) is 10.8. The van der Waals surface area contributed by atoms with Gasteiger partial charge in [-0.25, -0.2) is 14.6 Å². The zero-order chi connectivity index (χ0) is 24.1. The van der Waals surface area contributed by atoms with Crippen molar-refractivity contribution in [3.05, 3.63) is 35.4 Å². The van der Waals surface area contributed by atoms with Crippen LogP contribution < -0.4 is 0 Å². The van der Waals surface area contributed by atoms with E-state index in [4.69, 9.17) is 24.0 Å². The summed E-state index contributed by atoms with van der Waals surface area (Å²) in [5.74, 6) is -0.330. The van der Waals surface area contributed by atoms with Crippen molar-refractivity contribution in [2.45, 2.75) is 90.8 Å².